The van der Waals surface area contributed by atoms with Crippen LogP contribution in [0, 0.1) is 0 Å². The van der Waals surface area contributed by atoms with E-state index in [9.17, 15) is 9.59 Å². The molecule has 31 heavy (non-hydrogen) atoms. The highest BCUT2D eigenvalue weighted by atomic mass is 16.2. The van der Waals surface area contributed by atoms with Gasteiger partial charge in [-0.15, -0.1) is 0 Å². The molecule has 3 rings (SSSR count). The van der Waals surface area contributed by atoms with E-state index in [0.29, 0.717) is 19.5 Å². The number of aromatic nitrogens is 1. The van der Waals surface area contributed by atoms with Gasteiger partial charge < -0.3 is 25.4 Å². The lowest BCUT2D eigenvalue weighted by Crippen LogP contribution is -2.43. The van der Waals surface area contributed by atoms with Gasteiger partial charge in [-0.1, -0.05) is 30.3 Å². The van der Waals surface area contributed by atoms with Crippen LogP contribution in [-0.2, 0) is 16.0 Å². The van der Waals surface area contributed by atoms with Crippen LogP contribution < -0.4 is 15.5 Å². The standard InChI is InChI=1S/C24H31N5O2/c1-28(2)19-11-9-17(10-12-19)22(29(3)4)16-27-24(31)23(30)25-14-13-18-15-26-21-8-6-5-7-20(18)21/h5-12,15,22,26H,13-14,16H2,1-4H3,(H,25,30)(H,27,31). The van der Waals surface area contributed by atoms with Crippen LogP contribution in [0.4, 0.5) is 5.69 Å². The second kappa shape index (κ2) is 10.1. The first-order valence-corrected chi connectivity index (χ1v) is 10.4. The Morgan fingerprint density at radius 2 is 1.61 bits per heavy atom. The Bertz CT molecular complexity index is 1020. The number of carbonyl (C=O) groups is 2. The van der Waals surface area contributed by atoms with Crippen molar-refractivity contribution < 1.29 is 9.59 Å². The minimum atomic E-state index is -0.615. The summed E-state index contributed by atoms with van der Waals surface area (Å²) in [6.45, 7) is 0.750. The third-order valence-electron chi connectivity index (χ3n) is 5.43. The SMILES string of the molecule is CN(C)c1ccc(C(CNC(=O)C(=O)NCCc2c[nH]c3ccccc23)N(C)C)cc1. The molecule has 3 N–H and O–H groups in total. The molecule has 3 aromatic rings. The molecule has 1 heterocycles. The highest BCUT2D eigenvalue weighted by Crippen LogP contribution is 2.21. The van der Waals surface area contributed by atoms with Crippen LogP contribution in [0.15, 0.2) is 54.7 Å². The number of amides is 2. The highest BCUT2D eigenvalue weighted by molar-refractivity contribution is 6.35. The number of likely N-dealkylation sites (N-methyl/N-ethyl adjacent to an activating group) is 1. The number of aromatic amines is 1. The largest absolute Gasteiger partial charge is 0.378 e. The topological polar surface area (TPSA) is 80.5 Å². The molecule has 0 aliphatic heterocycles. The lowest BCUT2D eigenvalue weighted by Gasteiger charge is -2.25. The van der Waals surface area contributed by atoms with Crippen molar-refractivity contribution in [3.05, 3.63) is 65.9 Å². The van der Waals surface area contributed by atoms with Gasteiger partial charge in [0.1, 0.15) is 0 Å². The number of benzene rings is 2. The van der Waals surface area contributed by atoms with Crippen molar-refractivity contribution in [2.24, 2.45) is 0 Å². The summed E-state index contributed by atoms with van der Waals surface area (Å²) in [5.74, 6) is -1.23. The summed E-state index contributed by atoms with van der Waals surface area (Å²) in [5.41, 5.74) is 4.37. The van der Waals surface area contributed by atoms with Crippen molar-refractivity contribution in [3.63, 3.8) is 0 Å². The second-order valence-corrected chi connectivity index (χ2v) is 8.04. The van der Waals surface area contributed by atoms with E-state index in [1.807, 2.05) is 92.7 Å². The van der Waals surface area contributed by atoms with E-state index < -0.39 is 11.8 Å². The first-order chi connectivity index (χ1) is 14.9. The van der Waals surface area contributed by atoms with E-state index in [-0.39, 0.29) is 6.04 Å². The fourth-order valence-electron chi connectivity index (χ4n) is 3.59. The molecular weight excluding hydrogens is 390 g/mol. The lowest BCUT2D eigenvalue weighted by molar-refractivity contribution is -0.139. The van der Waals surface area contributed by atoms with Crippen molar-refractivity contribution in [1.82, 2.24) is 20.5 Å². The van der Waals surface area contributed by atoms with Gasteiger partial charge in [0.05, 0.1) is 6.04 Å². The molecule has 164 valence electrons. The Balaban J connectivity index is 1.50. The number of carbonyl (C=O) groups excluding carboxylic acids is 2. The third kappa shape index (κ3) is 5.64. The minimum Gasteiger partial charge on any atom is -0.378 e. The van der Waals surface area contributed by atoms with Gasteiger partial charge in [0.25, 0.3) is 0 Å². The summed E-state index contributed by atoms with van der Waals surface area (Å²) in [6, 6.07) is 16.2. The lowest BCUT2D eigenvalue weighted by atomic mass is 10.1. The van der Waals surface area contributed by atoms with Gasteiger partial charge in [-0.05, 0) is 49.8 Å². The quantitative estimate of drug-likeness (QED) is 0.488. The van der Waals surface area contributed by atoms with Crippen LogP contribution in [0.1, 0.15) is 17.2 Å². The van der Waals surface area contributed by atoms with Gasteiger partial charge in [0.15, 0.2) is 0 Å². The monoisotopic (exact) mass is 421 g/mol. The molecule has 0 bridgehead atoms. The zero-order valence-corrected chi connectivity index (χ0v) is 18.6. The van der Waals surface area contributed by atoms with Crippen molar-refractivity contribution in [2.75, 3.05) is 46.2 Å². The molecule has 0 aliphatic carbocycles. The number of nitrogens with one attached hydrogen (secondary N) is 3. The Labute approximate surface area is 183 Å². The number of fused-ring (bicyclic) bond motifs is 1. The van der Waals surface area contributed by atoms with Crippen LogP contribution in [0.25, 0.3) is 10.9 Å². The van der Waals surface area contributed by atoms with Gasteiger partial charge >= 0.3 is 11.8 Å². The first-order valence-electron chi connectivity index (χ1n) is 10.4. The van der Waals surface area contributed by atoms with Gasteiger partial charge in [-0.25, -0.2) is 0 Å². The van der Waals surface area contributed by atoms with Gasteiger partial charge in [0, 0.05) is 50.0 Å². The Morgan fingerprint density at radius 3 is 2.29 bits per heavy atom. The molecule has 2 amide bonds. The molecule has 7 nitrogen and oxygen atoms in total. The van der Waals surface area contributed by atoms with Gasteiger partial charge in [0.2, 0.25) is 0 Å². The van der Waals surface area contributed by atoms with E-state index in [2.05, 4.69) is 15.6 Å². The molecule has 1 aromatic heterocycles. The molecule has 0 spiro atoms. The number of para-hydroxylation sites is 1. The summed E-state index contributed by atoms with van der Waals surface area (Å²) in [5, 5.41) is 6.61. The van der Waals surface area contributed by atoms with E-state index in [1.54, 1.807) is 0 Å². The predicted octanol–water partition coefficient (Wildman–Crippen LogP) is 2.31. The zero-order valence-electron chi connectivity index (χ0n) is 18.6. The summed E-state index contributed by atoms with van der Waals surface area (Å²) in [4.78, 5) is 31.8. The number of hydrogen-bond acceptors (Lipinski definition) is 4. The van der Waals surface area contributed by atoms with Crippen LogP contribution >= 0.6 is 0 Å². The molecular formula is C24H31N5O2. The Hall–Kier alpha value is -3.32. The first kappa shape index (κ1) is 22.4. The molecule has 0 radical (unpaired) electrons. The number of hydrogen-bond donors (Lipinski definition) is 3. The smallest absolute Gasteiger partial charge is 0.309 e. The average molecular weight is 422 g/mol. The van der Waals surface area contributed by atoms with Crippen LogP contribution in [0.5, 0.6) is 0 Å². The van der Waals surface area contributed by atoms with E-state index >= 15 is 0 Å². The number of rotatable bonds is 8. The molecule has 0 fully saturated rings. The van der Waals surface area contributed by atoms with Crippen LogP contribution in [0.3, 0.4) is 0 Å². The van der Waals surface area contributed by atoms with Crippen molar-refractivity contribution >= 4 is 28.4 Å². The van der Waals surface area contributed by atoms with E-state index in [4.69, 9.17) is 0 Å². The molecule has 1 unspecified atom stereocenters. The Kier molecular flexibility index (Phi) is 7.31. The molecule has 2 aromatic carbocycles. The molecule has 1 atom stereocenters. The summed E-state index contributed by atoms with van der Waals surface area (Å²) in [6.07, 6.45) is 2.60. The summed E-state index contributed by atoms with van der Waals surface area (Å²) < 4.78 is 0. The van der Waals surface area contributed by atoms with Crippen molar-refractivity contribution in [2.45, 2.75) is 12.5 Å². The maximum atomic E-state index is 12.3. The normalized spacial score (nSPS) is 12.0. The van der Waals surface area contributed by atoms with E-state index in [0.717, 1.165) is 27.7 Å². The zero-order chi connectivity index (χ0) is 22.4. The van der Waals surface area contributed by atoms with Crippen molar-refractivity contribution in [3.8, 4) is 0 Å². The fraction of sp³-hybridized carbons (Fsp3) is 0.333. The van der Waals surface area contributed by atoms with E-state index in [1.165, 1.54) is 0 Å². The predicted molar refractivity (Wildman–Crippen MR) is 125 cm³/mol. The summed E-state index contributed by atoms with van der Waals surface area (Å²) >= 11 is 0. The molecule has 0 saturated carbocycles. The number of nitrogens with zero attached hydrogens (tertiary/aromatic N) is 2. The summed E-state index contributed by atoms with van der Waals surface area (Å²) in [7, 11) is 7.90. The fourth-order valence-corrected chi connectivity index (χ4v) is 3.59. The highest BCUT2D eigenvalue weighted by Gasteiger charge is 2.19. The number of H-pyrrole nitrogens is 1. The molecule has 0 aliphatic rings. The molecule has 7 heteroatoms. The minimum absolute atomic E-state index is 0.0285. The second-order valence-electron chi connectivity index (χ2n) is 8.04. The number of anilines is 1. The van der Waals surface area contributed by atoms with Gasteiger partial charge in [-0.2, -0.15) is 0 Å². The average Bonchev–Trinajstić information content (AvgIpc) is 3.17. The molecule has 0 saturated heterocycles. The Morgan fingerprint density at radius 1 is 0.935 bits per heavy atom. The van der Waals surface area contributed by atoms with Crippen LogP contribution in [0.2, 0.25) is 0 Å². The van der Waals surface area contributed by atoms with Gasteiger partial charge in [-0.3, -0.25) is 9.59 Å². The van der Waals surface area contributed by atoms with Crippen molar-refractivity contribution in [1.29, 1.82) is 0 Å². The maximum absolute atomic E-state index is 12.3. The maximum Gasteiger partial charge on any atom is 0.309 e. The third-order valence-corrected chi connectivity index (χ3v) is 5.43. The van der Waals surface area contributed by atoms with Crippen LogP contribution in [-0.4, -0.2) is 63.0 Å².